The highest BCUT2D eigenvalue weighted by Gasteiger charge is 2.23. The fourth-order valence-corrected chi connectivity index (χ4v) is 2.62. The summed E-state index contributed by atoms with van der Waals surface area (Å²) in [4.78, 5) is 0. The molecule has 1 aliphatic rings. The molecule has 0 bridgehead atoms. The van der Waals surface area contributed by atoms with Crippen molar-refractivity contribution in [2.75, 3.05) is 7.11 Å². The molecule has 100 valence electrons. The van der Waals surface area contributed by atoms with Gasteiger partial charge in [0.2, 0.25) is 0 Å². The van der Waals surface area contributed by atoms with Crippen LogP contribution in [-0.4, -0.2) is 19.3 Å². The lowest BCUT2D eigenvalue weighted by molar-refractivity contribution is 0.0207. The van der Waals surface area contributed by atoms with Crippen molar-refractivity contribution in [2.45, 2.75) is 44.4 Å². The molecule has 1 saturated carbocycles. The van der Waals surface area contributed by atoms with Gasteiger partial charge < -0.3 is 15.2 Å². The minimum absolute atomic E-state index is 0.218. The fraction of sp³-hybridized carbons (Fsp3) is 0.571. The van der Waals surface area contributed by atoms with Crippen molar-refractivity contribution in [3.8, 4) is 5.75 Å². The van der Waals surface area contributed by atoms with E-state index in [-0.39, 0.29) is 6.10 Å². The van der Waals surface area contributed by atoms with Gasteiger partial charge >= 0.3 is 0 Å². The quantitative estimate of drug-likeness (QED) is 0.913. The third kappa shape index (κ3) is 3.37. The smallest absolute Gasteiger partial charge is 0.124 e. The number of halogens is 1. The van der Waals surface area contributed by atoms with Crippen LogP contribution in [0.2, 0.25) is 5.02 Å². The molecule has 4 heteroatoms. The topological polar surface area (TPSA) is 44.5 Å². The zero-order valence-corrected chi connectivity index (χ0v) is 11.5. The van der Waals surface area contributed by atoms with E-state index in [0.717, 1.165) is 37.0 Å². The van der Waals surface area contributed by atoms with Gasteiger partial charge in [-0.2, -0.15) is 0 Å². The van der Waals surface area contributed by atoms with E-state index in [9.17, 15) is 0 Å². The number of rotatable bonds is 4. The monoisotopic (exact) mass is 269 g/mol. The van der Waals surface area contributed by atoms with E-state index >= 15 is 0 Å². The average Bonchev–Trinajstić information content (AvgIpc) is 2.41. The summed E-state index contributed by atoms with van der Waals surface area (Å²) >= 11 is 5.95. The Labute approximate surface area is 113 Å². The summed E-state index contributed by atoms with van der Waals surface area (Å²) in [6.45, 7) is 0.441. The molecule has 2 N–H and O–H groups in total. The normalized spacial score (nSPS) is 23.9. The van der Waals surface area contributed by atoms with Gasteiger partial charge in [-0.1, -0.05) is 11.6 Å². The van der Waals surface area contributed by atoms with E-state index in [1.54, 1.807) is 7.11 Å². The van der Waals surface area contributed by atoms with Crippen molar-refractivity contribution >= 4 is 11.6 Å². The van der Waals surface area contributed by atoms with Gasteiger partial charge in [0, 0.05) is 30.7 Å². The average molecular weight is 270 g/mol. The molecular weight excluding hydrogens is 250 g/mol. The largest absolute Gasteiger partial charge is 0.490 e. The number of nitrogens with two attached hydrogens (primary N) is 1. The van der Waals surface area contributed by atoms with Gasteiger partial charge in [-0.3, -0.25) is 0 Å². The first-order valence-corrected chi connectivity index (χ1v) is 6.78. The molecule has 0 aromatic heterocycles. The molecule has 18 heavy (non-hydrogen) atoms. The van der Waals surface area contributed by atoms with E-state index in [1.165, 1.54) is 0 Å². The molecule has 0 radical (unpaired) electrons. The van der Waals surface area contributed by atoms with Crippen molar-refractivity contribution < 1.29 is 9.47 Å². The van der Waals surface area contributed by atoms with Crippen LogP contribution < -0.4 is 10.5 Å². The van der Waals surface area contributed by atoms with E-state index in [4.69, 9.17) is 26.8 Å². The van der Waals surface area contributed by atoms with Crippen LogP contribution in [0.4, 0.5) is 0 Å². The Morgan fingerprint density at radius 1 is 1.33 bits per heavy atom. The molecular formula is C14H20ClNO2. The Hall–Kier alpha value is -0.770. The maximum atomic E-state index is 6.05. The van der Waals surface area contributed by atoms with Crippen LogP contribution in [0.3, 0.4) is 0 Å². The lowest BCUT2D eigenvalue weighted by Gasteiger charge is -2.29. The Morgan fingerprint density at radius 2 is 2.11 bits per heavy atom. The maximum absolute atomic E-state index is 6.05. The number of methoxy groups -OCH3 is 1. The van der Waals surface area contributed by atoms with Crippen molar-refractivity contribution in [3.63, 3.8) is 0 Å². The Bertz CT molecular complexity index is 397. The van der Waals surface area contributed by atoms with Gasteiger partial charge in [0.05, 0.1) is 6.10 Å². The number of benzene rings is 1. The maximum Gasteiger partial charge on any atom is 0.124 e. The van der Waals surface area contributed by atoms with Gasteiger partial charge in [-0.25, -0.2) is 0 Å². The standard InChI is InChI=1S/C14H20ClNO2/c1-17-12-3-2-4-13(8-12)18-14-6-5-11(15)7-10(14)9-16/h5-7,12-13H,2-4,8-9,16H2,1H3. The van der Waals surface area contributed by atoms with Crippen LogP contribution in [-0.2, 0) is 11.3 Å². The van der Waals surface area contributed by atoms with Crippen molar-refractivity contribution in [3.05, 3.63) is 28.8 Å². The van der Waals surface area contributed by atoms with Crippen molar-refractivity contribution in [2.24, 2.45) is 5.73 Å². The molecule has 1 aromatic rings. The second kappa shape index (κ2) is 6.41. The first-order valence-electron chi connectivity index (χ1n) is 6.41. The van der Waals surface area contributed by atoms with Gasteiger partial charge in [0.25, 0.3) is 0 Å². The Balaban J connectivity index is 2.04. The van der Waals surface area contributed by atoms with E-state index in [1.807, 2.05) is 18.2 Å². The predicted molar refractivity (Wildman–Crippen MR) is 73.0 cm³/mol. The molecule has 2 unspecified atom stereocenters. The minimum atomic E-state index is 0.218. The fourth-order valence-electron chi connectivity index (χ4n) is 2.43. The predicted octanol–water partition coefficient (Wildman–Crippen LogP) is 3.14. The summed E-state index contributed by atoms with van der Waals surface area (Å²) in [6, 6.07) is 5.61. The SMILES string of the molecule is COC1CCCC(Oc2ccc(Cl)cc2CN)C1. The summed E-state index contributed by atoms with van der Waals surface area (Å²) in [7, 11) is 1.76. The summed E-state index contributed by atoms with van der Waals surface area (Å²) in [5, 5.41) is 0.696. The molecule has 3 nitrogen and oxygen atoms in total. The molecule has 1 aliphatic carbocycles. The van der Waals surface area contributed by atoms with Crippen LogP contribution in [0.5, 0.6) is 5.75 Å². The van der Waals surface area contributed by atoms with Crippen molar-refractivity contribution in [1.29, 1.82) is 0 Å². The second-order valence-electron chi connectivity index (χ2n) is 4.72. The number of hydrogen-bond acceptors (Lipinski definition) is 3. The third-order valence-electron chi connectivity index (χ3n) is 3.45. The van der Waals surface area contributed by atoms with Gasteiger partial charge in [-0.15, -0.1) is 0 Å². The molecule has 0 aliphatic heterocycles. The van der Waals surface area contributed by atoms with Gasteiger partial charge in [0.1, 0.15) is 11.9 Å². The zero-order valence-electron chi connectivity index (χ0n) is 10.7. The Morgan fingerprint density at radius 3 is 2.83 bits per heavy atom. The van der Waals surface area contributed by atoms with E-state index in [0.29, 0.717) is 17.7 Å². The third-order valence-corrected chi connectivity index (χ3v) is 3.68. The van der Waals surface area contributed by atoms with E-state index < -0.39 is 0 Å². The summed E-state index contributed by atoms with van der Waals surface area (Å²) in [6.07, 6.45) is 4.83. The highest BCUT2D eigenvalue weighted by atomic mass is 35.5. The minimum Gasteiger partial charge on any atom is -0.490 e. The highest BCUT2D eigenvalue weighted by molar-refractivity contribution is 6.30. The highest BCUT2D eigenvalue weighted by Crippen LogP contribution is 2.28. The lowest BCUT2D eigenvalue weighted by Crippen LogP contribution is -2.29. The Kier molecular flexibility index (Phi) is 4.87. The van der Waals surface area contributed by atoms with Gasteiger partial charge in [-0.05, 0) is 37.5 Å². The summed E-state index contributed by atoms with van der Waals surface area (Å²) < 4.78 is 11.5. The molecule has 1 aromatic carbocycles. The summed E-state index contributed by atoms with van der Waals surface area (Å²) in [5.41, 5.74) is 6.67. The van der Waals surface area contributed by atoms with Crippen LogP contribution in [0.25, 0.3) is 0 Å². The molecule has 0 saturated heterocycles. The first kappa shape index (κ1) is 13.7. The summed E-state index contributed by atoms with van der Waals surface area (Å²) in [5.74, 6) is 0.851. The molecule has 2 atom stereocenters. The van der Waals surface area contributed by atoms with E-state index in [2.05, 4.69) is 0 Å². The molecule has 0 amide bonds. The van der Waals surface area contributed by atoms with Crippen molar-refractivity contribution in [1.82, 2.24) is 0 Å². The van der Waals surface area contributed by atoms with Crippen LogP contribution in [0, 0.1) is 0 Å². The van der Waals surface area contributed by atoms with Crippen LogP contribution in [0.15, 0.2) is 18.2 Å². The van der Waals surface area contributed by atoms with Crippen LogP contribution >= 0.6 is 11.6 Å². The van der Waals surface area contributed by atoms with Gasteiger partial charge in [0.15, 0.2) is 0 Å². The molecule has 1 fully saturated rings. The first-order chi connectivity index (χ1) is 8.72. The molecule has 0 heterocycles. The zero-order chi connectivity index (χ0) is 13.0. The number of hydrogen-bond donors (Lipinski definition) is 1. The molecule has 2 rings (SSSR count). The van der Waals surface area contributed by atoms with Crippen LogP contribution in [0.1, 0.15) is 31.2 Å². The lowest BCUT2D eigenvalue weighted by atomic mass is 9.95. The second-order valence-corrected chi connectivity index (χ2v) is 5.16. The molecule has 0 spiro atoms. The number of ether oxygens (including phenoxy) is 2.